The monoisotopic (exact) mass is 443 g/mol. The number of hydrogen-bond acceptors (Lipinski definition) is 3. The molecule has 3 nitrogen and oxygen atoms in total. The summed E-state index contributed by atoms with van der Waals surface area (Å²) in [5.41, 5.74) is 7.84. The first-order chi connectivity index (χ1) is 14.0. The summed E-state index contributed by atoms with van der Waals surface area (Å²) in [5, 5.41) is 0. The van der Waals surface area contributed by atoms with E-state index in [-0.39, 0.29) is 0 Å². The first-order valence-electron chi connectivity index (χ1n) is 9.60. The van der Waals surface area contributed by atoms with Gasteiger partial charge in [-0.25, -0.2) is 15.0 Å². The summed E-state index contributed by atoms with van der Waals surface area (Å²) in [6.45, 7) is 8.53. The number of halogens is 1. The Balaban J connectivity index is 2.02. The first kappa shape index (κ1) is 19.5. The molecule has 0 fully saturated rings. The SMILES string of the molecule is Cc1c(C)c(-c2nc(-c3ccccc3)nc(-c3ccccc3)n2)c(C)c(C)c1Br. The van der Waals surface area contributed by atoms with Gasteiger partial charge in [0.2, 0.25) is 0 Å². The van der Waals surface area contributed by atoms with E-state index >= 15 is 0 Å². The van der Waals surface area contributed by atoms with E-state index in [1.165, 1.54) is 22.3 Å². The Bertz CT molecular complexity index is 1100. The van der Waals surface area contributed by atoms with Crippen LogP contribution in [0, 0.1) is 27.7 Å². The first-order valence-corrected chi connectivity index (χ1v) is 10.4. The summed E-state index contributed by atoms with van der Waals surface area (Å²) in [6.07, 6.45) is 0. The van der Waals surface area contributed by atoms with Gasteiger partial charge in [0, 0.05) is 21.2 Å². The minimum Gasteiger partial charge on any atom is -0.208 e. The molecule has 4 rings (SSSR count). The van der Waals surface area contributed by atoms with Crippen molar-refractivity contribution in [2.24, 2.45) is 0 Å². The minimum absolute atomic E-state index is 0.687. The second-order valence-electron chi connectivity index (χ2n) is 7.23. The fourth-order valence-electron chi connectivity index (χ4n) is 3.52. The van der Waals surface area contributed by atoms with Gasteiger partial charge in [0.05, 0.1) is 0 Å². The van der Waals surface area contributed by atoms with Crippen LogP contribution in [0.5, 0.6) is 0 Å². The summed E-state index contributed by atoms with van der Waals surface area (Å²) >= 11 is 3.74. The molecule has 29 heavy (non-hydrogen) atoms. The van der Waals surface area contributed by atoms with Gasteiger partial charge in [-0.2, -0.15) is 0 Å². The van der Waals surface area contributed by atoms with Crippen LogP contribution in [0.4, 0.5) is 0 Å². The molecular weight excluding hydrogens is 422 g/mol. The summed E-state index contributed by atoms with van der Waals surface area (Å²) in [4.78, 5) is 14.6. The van der Waals surface area contributed by atoms with E-state index in [1.807, 2.05) is 60.7 Å². The molecule has 1 aromatic heterocycles. The normalized spacial score (nSPS) is 10.9. The van der Waals surface area contributed by atoms with Crippen LogP contribution >= 0.6 is 15.9 Å². The Kier molecular flexibility index (Phi) is 5.29. The number of aromatic nitrogens is 3. The van der Waals surface area contributed by atoms with Crippen molar-refractivity contribution < 1.29 is 0 Å². The van der Waals surface area contributed by atoms with E-state index < -0.39 is 0 Å². The predicted molar refractivity (Wildman–Crippen MR) is 123 cm³/mol. The third-order valence-corrected chi connectivity index (χ3v) is 6.65. The van der Waals surface area contributed by atoms with Crippen LogP contribution in [0.25, 0.3) is 34.2 Å². The summed E-state index contributed by atoms with van der Waals surface area (Å²) in [7, 11) is 0. The molecule has 0 N–H and O–H groups in total. The Morgan fingerprint density at radius 3 is 1.31 bits per heavy atom. The lowest BCUT2D eigenvalue weighted by molar-refractivity contribution is 1.06. The highest BCUT2D eigenvalue weighted by atomic mass is 79.9. The van der Waals surface area contributed by atoms with Crippen LogP contribution in [-0.2, 0) is 0 Å². The van der Waals surface area contributed by atoms with Crippen LogP contribution in [0.1, 0.15) is 22.3 Å². The van der Waals surface area contributed by atoms with Gasteiger partial charge in [0.25, 0.3) is 0 Å². The number of rotatable bonds is 3. The van der Waals surface area contributed by atoms with Gasteiger partial charge in [0.15, 0.2) is 17.5 Å². The highest BCUT2D eigenvalue weighted by Gasteiger charge is 2.19. The molecule has 4 aromatic rings. The van der Waals surface area contributed by atoms with Crippen molar-refractivity contribution in [1.29, 1.82) is 0 Å². The third-order valence-electron chi connectivity index (χ3n) is 5.46. The third kappa shape index (κ3) is 3.60. The highest BCUT2D eigenvalue weighted by Crippen LogP contribution is 2.36. The largest absolute Gasteiger partial charge is 0.208 e. The highest BCUT2D eigenvalue weighted by molar-refractivity contribution is 9.10. The lowest BCUT2D eigenvalue weighted by atomic mass is 9.93. The quantitative estimate of drug-likeness (QED) is 0.346. The topological polar surface area (TPSA) is 38.7 Å². The van der Waals surface area contributed by atoms with Gasteiger partial charge < -0.3 is 0 Å². The van der Waals surface area contributed by atoms with Crippen LogP contribution < -0.4 is 0 Å². The van der Waals surface area contributed by atoms with Crippen molar-refractivity contribution in [1.82, 2.24) is 15.0 Å². The maximum atomic E-state index is 4.90. The molecular formula is C25H22BrN3. The van der Waals surface area contributed by atoms with Crippen molar-refractivity contribution in [2.75, 3.05) is 0 Å². The van der Waals surface area contributed by atoms with E-state index in [0.29, 0.717) is 17.5 Å². The molecule has 4 heteroatoms. The molecule has 0 aliphatic carbocycles. The standard InChI is InChI=1S/C25H22BrN3/c1-15-17(3)22(26)18(4)16(2)21(15)25-28-23(19-11-7-5-8-12-19)27-24(29-25)20-13-9-6-10-14-20/h5-14H,1-4H3. The average molecular weight is 444 g/mol. The predicted octanol–water partition coefficient (Wildman–Crippen LogP) is 6.87. The number of hydrogen-bond donors (Lipinski definition) is 0. The maximum absolute atomic E-state index is 4.90. The molecule has 0 unspecified atom stereocenters. The Hall–Kier alpha value is -2.85. The van der Waals surface area contributed by atoms with Gasteiger partial charge in [-0.15, -0.1) is 0 Å². The van der Waals surface area contributed by atoms with Crippen molar-refractivity contribution in [3.05, 3.63) is 87.4 Å². The fourth-order valence-corrected chi connectivity index (χ4v) is 4.12. The van der Waals surface area contributed by atoms with Crippen molar-refractivity contribution in [3.8, 4) is 34.2 Å². The molecule has 0 spiro atoms. The lowest BCUT2D eigenvalue weighted by Crippen LogP contribution is -2.04. The van der Waals surface area contributed by atoms with E-state index in [9.17, 15) is 0 Å². The molecule has 144 valence electrons. The van der Waals surface area contributed by atoms with Crippen LogP contribution in [0.15, 0.2) is 65.1 Å². The second kappa shape index (κ2) is 7.88. The smallest absolute Gasteiger partial charge is 0.164 e. The molecule has 0 saturated carbocycles. The van der Waals surface area contributed by atoms with Gasteiger partial charge in [-0.1, -0.05) is 76.6 Å². The lowest BCUT2D eigenvalue weighted by Gasteiger charge is -2.17. The van der Waals surface area contributed by atoms with Crippen molar-refractivity contribution in [2.45, 2.75) is 27.7 Å². The molecule has 0 aliphatic rings. The van der Waals surface area contributed by atoms with Crippen LogP contribution in [-0.4, -0.2) is 15.0 Å². The van der Waals surface area contributed by atoms with Crippen molar-refractivity contribution in [3.63, 3.8) is 0 Å². The van der Waals surface area contributed by atoms with E-state index in [0.717, 1.165) is 21.2 Å². The van der Waals surface area contributed by atoms with Gasteiger partial charge in [0.1, 0.15) is 0 Å². The Morgan fingerprint density at radius 1 is 0.517 bits per heavy atom. The Labute approximate surface area is 180 Å². The molecule has 3 aromatic carbocycles. The zero-order valence-electron chi connectivity index (χ0n) is 17.0. The van der Waals surface area contributed by atoms with Gasteiger partial charge >= 0.3 is 0 Å². The number of benzene rings is 3. The van der Waals surface area contributed by atoms with Crippen LogP contribution in [0.2, 0.25) is 0 Å². The van der Waals surface area contributed by atoms with E-state index in [4.69, 9.17) is 15.0 Å². The summed E-state index contributed by atoms with van der Waals surface area (Å²) in [5.74, 6) is 2.09. The maximum Gasteiger partial charge on any atom is 0.164 e. The summed E-state index contributed by atoms with van der Waals surface area (Å²) < 4.78 is 1.15. The van der Waals surface area contributed by atoms with E-state index in [2.05, 4.69) is 43.6 Å². The molecule has 0 aliphatic heterocycles. The fraction of sp³-hybridized carbons (Fsp3) is 0.160. The zero-order valence-corrected chi connectivity index (χ0v) is 18.6. The Morgan fingerprint density at radius 2 is 0.897 bits per heavy atom. The molecule has 0 saturated heterocycles. The second-order valence-corrected chi connectivity index (χ2v) is 8.02. The van der Waals surface area contributed by atoms with Gasteiger partial charge in [-0.05, 0) is 49.9 Å². The van der Waals surface area contributed by atoms with Gasteiger partial charge in [-0.3, -0.25) is 0 Å². The molecule has 1 heterocycles. The summed E-state index contributed by atoms with van der Waals surface area (Å²) in [6, 6.07) is 20.2. The average Bonchev–Trinajstić information content (AvgIpc) is 2.77. The number of nitrogens with zero attached hydrogens (tertiary/aromatic N) is 3. The van der Waals surface area contributed by atoms with Crippen LogP contribution in [0.3, 0.4) is 0 Å². The molecule has 0 radical (unpaired) electrons. The zero-order chi connectivity index (χ0) is 20.5. The molecule has 0 bridgehead atoms. The molecule has 0 atom stereocenters. The molecule has 0 amide bonds. The van der Waals surface area contributed by atoms with Crippen molar-refractivity contribution >= 4 is 15.9 Å². The minimum atomic E-state index is 0.687. The van der Waals surface area contributed by atoms with E-state index in [1.54, 1.807) is 0 Å².